The Morgan fingerprint density at radius 2 is 0.518 bits per heavy atom. The Hall–Kier alpha value is -9.36. The summed E-state index contributed by atoms with van der Waals surface area (Å²) in [5.41, 5.74) is 28.5. The van der Waals surface area contributed by atoms with Crippen molar-refractivity contribution in [3.8, 4) is 34.5 Å². The first-order chi connectivity index (χ1) is 67.1. The summed E-state index contributed by atoms with van der Waals surface area (Å²) in [6, 6.07) is 59.5. The maximum atomic E-state index is 11.9. The first kappa shape index (κ1) is 117. The van der Waals surface area contributed by atoms with Gasteiger partial charge in [0.05, 0.1) is 26.8 Å². The molecule has 0 aliphatic heterocycles. The van der Waals surface area contributed by atoms with E-state index in [0.717, 1.165) is 149 Å². The molecule has 0 aromatic heterocycles. The fourth-order valence-corrected chi connectivity index (χ4v) is 18.7. The highest BCUT2D eigenvalue weighted by molar-refractivity contribution is 14.1. The van der Waals surface area contributed by atoms with Gasteiger partial charge in [0.2, 0.25) is 35.4 Å². The Labute approximate surface area is 910 Å². The number of amides is 6. The van der Waals surface area contributed by atoms with E-state index in [1.807, 2.05) is 189 Å². The largest absolute Gasteiger partial charge is 0.488 e. The van der Waals surface area contributed by atoms with Gasteiger partial charge in [-0.2, -0.15) is 0 Å². The van der Waals surface area contributed by atoms with Gasteiger partial charge in [-0.05, 0) is 444 Å². The number of ether oxygens (including phenoxy) is 6. The molecule has 0 radical (unpaired) electrons. The maximum absolute atomic E-state index is 11.9. The summed E-state index contributed by atoms with van der Waals surface area (Å²) < 4.78 is 43.6. The predicted octanol–water partition coefficient (Wildman–Crippen LogP) is 33.7. The highest BCUT2D eigenvalue weighted by Crippen LogP contribution is 2.45. The summed E-state index contributed by atoms with van der Waals surface area (Å²) in [5, 5.41) is 18.2. The molecule has 0 heterocycles. The van der Waals surface area contributed by atoms with Crippen molar-refractivity contribution in [1.29, 1.82) is 0 Å². The van der Waals surface area contributed by atoms with Gasteiger partial charge in [0, 0.05) is 119 Å². The van der Waals surface area contributed by atoms with Crippen molar-refractivity contribution < 1.29 is 57.2 Å². The fraction of sp³-hybridized carbons (Fsp3) is 0.316. The standard InChI is InChI=1S/C21H24BrNO2.C20H24BrNO2.C19H22BrNO2.C18H19Br2NO2.C18H19BrClNO2.C18H19BrINO2/c1-4-21(24)23-19-7-5-6-16(15-8-9-15)17(19)12-25-20-11-14(3)13(2)10-18(20)22;1-5-15-8-7-9-18(22-20(23)6-2)16(15)12-24-19-11-14(4)13(3)10-17(19)21;1-5-19(22)21-17-8-6-7-12(2)15(17)11-23-18-10-14(4)13(3)9-16(18)20;1-4-18(22)21-16-7-5-6-14(19)13(16)10-23-17-9-12(3)11(2)8-15(17)20;2*1-4-18(22)21-16-7-5-6-15(20)13(16)10-23-17-9-12(3)11(2)8-14(17)19/h5-7,10-11,15H,4,8-9,12H2,1-3H3,(H,23,24);7-11H,5-6,12H2,1-4H3,(H,22,23);6-10H,5,11H2,1-4H3,(H,21,22);3*5-9H,4,10H2,1-3H3,(H,21,22). The minimum atomic E-state index is -0.0547. The molecule has 1 aliphatic rings. The first-order valence-corrected chi connectivity index (χ1v) is 53.9. The van der Waals surface area contributed by atoms with Crippen LogP contribution in [0.5, 0.6) is 34.5 Å². The van der Waals surface area contributed by atoms with Crippen LogP contribution in [0.4, 0.5) is 34.1 Å². The Morgan fingerprint density at radius 1 is 0.277 bits per heavy atom. The van der Waals surface area contributed by atoms with Gasteiger partial charge in [0.15, 0.2) is 0 Å². The van der Waals surface area contributed by atoms with Gasteiger partial charge in [-0.25, -0.2) is 0 Å². The molecule has 0 bridgehead atoms. The third-order valence-corrected chi connectivity index (χ3v) is 29.6. The van der Waals surface area contributed by atoms with E-state index in [4.69, 9.17) is 40.0 Å². The second-order valence-electron chi connectivity index (χ2n) is 34.2. The van der Waals surface area contributed by atoms with Crippen LogP contribution in [0.2, 0.25) is 5.02 Å². The number of nitrogens with one attached hydrogen (secondary N) is 6. The van der Waals surface area contributed by atoms with E-state index >= 15 is 0 Å². The molecule has 0 spiro atoms. The quantitative estimate of drug-likeness (QED) is 0.0216. The minimum absolute atomic E-state index is 0.000566. The molecule has 748 valence electrons. The van der Waals surface area contributed by atoms with Gasteiger partial charge in [-0.15, -0.1) is 0 Å². The molecule has 12 aromatic rings. The SMILES string of the molecule is CCC(=O)Nc1cccc(Br)c1COc1cc(C)c(C)cc1Br.CCC(=O)Nc1cccc(C)c1COc1cc(C)c(C)cc1Br.CCC(=O)Nc1cccc(C2CC2)c1COc1cc(C)c(C)cc1Br.CCC(=O)Nc1cccc(CC)c1COc1cc(C)c(C)cc1Br.CCC(=O)Nc1cccc(Cl)c1COc1cc(C)c(C)cc1Br.CCC(=O)Nc1cccc(I)c1COc1cc(C)c(C)cc1Br. The van der Waals surface area contributed by atoms with E-state index < -0.39 is 0 Å². The van der Waals surface area contributed by atoms with Crippen LogP contribution in [0.25, 0.3) is 0 Å². The van der Waals surface area contributed by atoms with Crippen molar-refractivity contribution in [2.24, 2.45) is 0 Å². The molecule has 12 aromatic carbocycles. The van der Waals surface area contributed by atoms with Crippen LogP contribution in [-0.2, 0) is 74.8 Å². The van der Waals surface area contributed by atoms with Gasteiger partial charge in [0.1, 0.15) is 74.1 Å². The lowest BCUT2D eigenvalue weighted by atomic mass is 10.0. The lowest BCUT2D eigenvalue weighted by Gasteiger charge is -2.17. The summed E-state index contributed by atoms with van der Waals surface area (Å²) in [7, 11) is 0. The molecule has 0 saturated heterocycles. The molecular formula is C114H127Br7ClIN6O12. The van der Waals surface area contributed by atoms with Gasteiger partial charge < -0.3 is 60.3 Å². The molecule has 13 rings (SSSR count). The maximum Gasteiger partial charge on any atom is 0.224 e. The van der Waals surface area contributed by atoms with Crippen molar-refractivity contribution in [2.75, 3.05) is 31.9 Å². The molecule has 141 heavy (non-hydrogen) atoms. The highest BCUT2D eigenvalue weighted by atomic mass is 127. The number of carbonyl (C=O) groups excluding carboxylic acids is 6. The number of aryl methyl sites for hydroxylation is 14. The van der Waals surface area contributed by atoms with Gasteiger partial charge in [0.25, 0.3) is 0 Å². The molecule has 1 fully saturated rings. The average molecular weight is 2490 g/mol. The Bertz CT molecular complexity index is 5930. The number of hydrogen-bond donors (Lipinski definition) is 6. The number of rotatable bonds is 32. The Kier molecular flexibility index (Phi) is 48.0. The van der Waals surface area contributed by atoms with Gasteiger partial charge in [-0.1, -0.05) is 131 Å². The fourth-order valence-electron chi connectivity index (χ4n) is 13.9. The lowest BCUT2D eigenvalue weighted by molar-refractivity contribution is -0.116. The first-order valence-electron chi connectivity index (χ1n) is 46.9. The molecule has 6 N–H and O–H groups in total. The molecule has 27 heteroatoms. The van der Waals surface area contributed by atoms with Crippen molar-refractivity contribution in [1.82, 2.24) is 0 Å². The van der Waals surface area contributed by atoms with Crippen LogP contribution >= 0.6 is 146 Å². The zero-order valence-electron chi connectivity index (χ0n) is 83.8. The number of benzene rings is 12. The third kappa shape index (κ3) is 35.8. The smallest absolute Gasteiger partial charge is 0.224 e. The monoisotopic (exact) mass is 2490 g/mol. The number of halogens is 9. The Morgan fingerprint density at radius 3 is 0.851 bits per heavy atom. The van der Waals surface area contributed by atoms with Crippen LogP contribution < -0.4 is 60.3 Å². The van der Waals surface area contributed by atoms with E-state index in [9.17, 15) is 28.8 Å². The normalized spacial score (nSPS) is 11.0. The van der Waals surface area contributed by atoms with Gasteiger partial charge >= 0.3 is 0 Å². The van der Waals surface area contributed by atoms with E-state index in [1.165, 1.54) is 85.2 Å². The second kappa shape index (κ2) is 58.0. The molecule has 6 amide bonds. The van der Waals surface area contributed by atoms with E-state index in [2.05, 4.69) is 292 Å². The summed E-state index contributed by atoms with van der Waals surface area (Å²) in [6.45, 7) is 42.3. The Balaban J connectivity index is 0.000000207. The summed E-state index contributed by atoms with van der Waals surface area (Å²) in [5.74, 6) is 5.38. The minimum Gasteiger partial charge on any atom is -0.488 e. The van der Waals surface area contributed by atoms with Gasteiger partial charge in [-0.3, -0.25) is 28.8 Å². The predicted molar refractivity (Wildman–Crippen MR) is 611 cm³/mol. The van der Waals surface area contributed by atoms with Crippen LogP contribution in [0.1, 0.15) is 223 Å². The zero-order chi connectivity index (χ0) is 104. The van der Waals surface area contributed by atoms with E-state index in [0.29, 0.717) is 88.2 Å². The number of carbonyl (C=O) groups is 6. The van der Waals surface area contributed by atoms with Crippen LogP contribution in [0.15, 0.2) is 213 Å². The van der Waals surface area contributed by atoms with Crippen LogP contribution in [0.3, 0.4) is 0 Å². The second-order valence-corrected chi connectivity index (χ2v) is 41.7. The molecular weight excluding hydrogens is 2370 g/mol. The zero-order valence-corrected chi connectivity index (χ0v) is 97.8. The highest BCUT2D eigenvalue weighted by Gasteiger charge is 2.29. The lowest BCUT2D eigenvalue weighted by Crippen LogP contribution is -2.13. The van der Waals surface area contributed by atoms with E-state index in [-0.39, 0.29) is 42.0 Å². The number of anilines is 6. The third-order valence-electron chi connectivity index (χ3n) is 23.7. The van der Waals surface area contributed by atoms with Crippen molar-refractivity contribution in [2.45, 2.75) is 242 Å². The molecule has 1 saturated carbocycles. The molecule has 18 nitrogen and oxygen atoms in total. The summed E-state index contributed by atoms with van der Waals surface area (Å²) >= 11 is 33.4. The average Bonchev–Trinajstić information content (AvgIpc) is 1.66. The van der Waals surface area contributed by atoms with Crippen LogP contribution in [-0.4, -0.2) is 35.4 Å². The summed E-state index contributed by atoms with van der Waals surface area (Å²) in [6.07, 6.45) is 6.01. The van der Waals surface area contributed by atoms with Crippen molar-refractivity contribution in [3.63, 3.8) is 0 Å². The topological polar surface area (TPSA) is 230 Å². The molecule has 0 unspecified atom stereocenters. The molecule has 1 aliphatic carbocycles. The van der Waals surface area contributed by atoms with Crippen LogP contribution in [0, 0.1) is 93.6 Å². The summed E-state index contributed by atoms with van der Waals surface area (Å²) in [4.78, 5) is 70.4. The number of hydrogen-bond acceptors (Lipinski definition) is 12. The van der Waals surface area contributed by atoms with E-state index in [1.54, 1.807) is 6.07 Å². The molecule has 0 atom stereocenters. The van der Waals surface area contributed by atoms with Crippen molar-refractivity contribution in [3.05, 3.63) is 339 Å². The van der Waals surface area contributed by atoms with Crippen molar-refractivity contribution >= 4 is 215 Å².